The molecule has 0 bridgehead atoms. The lowest BCUT2D eigenvalue weighted by Crippen LogP contribution is -2.05. The smallest absolute Gasteiger partial charge is 0.180 e. The van der Waals surface area contributed by atoms with Crippen LogP contribution in [0.5, 0.6) is 0 Å². The third-order valence-electron chi connectivity index (χ3n) is 1.04. The number of carbonyl (C=O) groups is 1. The first-order chi connectivity index (χ1) is 5.27. The van der Waals surface area contributed by atoms with Gasteiger partial charge in [-0.3, -0.25) is 4.79 Å². The van der Waals surface area contributed by atoms with E-state index in [0.717, 1.165) is 0 Å². The number of anilines is 1. The van der Waals surface area contributed by atoms with E-state index in [-0.39, 0.29) is 5.71 Å². The Hall–Kier alpha value is -1.43. The van der Waals surface area contributed by atoms with Crippen molar-refractivity contribution in [3.8, 4) is 0 Å². The molecule has 58 valence electrons. The Labute approximate surface area is 66.7 Å². The molecule has 1 heterocycles. The molecule has 0 aromatic carbocycles. The van der Waals surface area contributed by atoms with E-state index in [1.54, 1.807) is 5.38 Å². The maximum absolute atomic E-state index is 10.3. The summed E-state index contributed by atoms with van der Waals surface area (Å²) in [5.41, 5.74) is 5.85. The molecule has 0 saturated heterocycles. The lowest BCUT2D eigenvalue weighted by Gasteiger charge is -1.87. The number of hydrogen-bond acceptors (Lipinski definition) is 6. The number of hydrogen-bond donors (Lipinski definition) is 2. The molecule has 11 heavy (non-hydrogen) atoms. The fourth-order valence-electron chi connectivity index (χ4n) is 0.562. The van der Waals surface area contributed by atoms with Gasteiger partial charge in [0.1, 0.15) is 11.4 Å². The highest BCUT2D eigenvalue weighted by Crippen LogP contribution is 2.10. The van der Waals surface area contributed by atoms with Crippen LogP contribution >= 0.6 is 11.3 Å². The summed E-state index contributed by atoms with van der Waals surface area (Å²) in [5.74, 6) is 4.91. The Morgan fingerprint density at radius 1 is 1.82 bits per heavy atom. The Bertz CT molecular complexity index is 292. The van der Waals surface area contributed by atoms with Crippen LogP contribution in [0, 0.1) is 0 Å². The van der Waals surface area contributed by atoms with Gasteiger partial charge in [0, 0.05) is 5.38 Å². The van der Waals surface area contributed by atoms with Gasteiger partial charge in [0.2, 0.25) is 0 Å². The van der Waals surface area contributed by atoms with Crippen molar-refractivity contribution >= 4 is 28.5 Å². The second kappa shape index (κ2) is 3.11. The molecule has 4 N–H and O–H groups in total. The summed E-state index contributed by atoms with van der Waals surface area (Å²) in [6.45, 7) is 0. The van der Waals surface area contributed by atoms with E-state index in [2.05, 4.69) is 10.1 Å². The molecule has 5 nitrogen and oxygen atoms in total. The molecular weight excluding hydrogens is 164 g/mol. The van der Waals surface area contributed by atoms with E-state index in [1.807, 2.05) is 0 Å². The van der Waals surface area contributed by atoms with Crippen LogP contribution in [-0.4, -0.2) is 17.0 Å². The molecule has 6 heteroatoms. The zero-order valence-electron chi connectivity index (χ0n) is 5.52. The molecule has 0 aliphatic heterocycles. The molecule has 0 aliphatic carbocycles. The standard InChI is InChI=1S/C5H6N4OS/c6-5-8-4(2-11-5)3(1-10)9-7/h1-2H,7H2,(H2,6,8)/b9-3-. The van der Waals surface area contributed by atoms with Gasteiger partial charge in [0.05, 0.1) is 0 Å². The van der Waals surface area contributed by atoms with Crippen LogP contribution in [0.25, 0.3) is 0 Å². The van der Waals surface area contributed by atoms with Crippen molar-refractivity contribution in [2.75, 3.05) is 5.73 Å². The van der Waals surface area contributed by atoms with Gasteiger partial charge in [-0.25, -0.2) is 4.98 Å². The topological polar surface area (TPSA) is 94.4 Å². The zero-order chi connectivity index (χ0) is 8.27. The summed E-state index contributed by atoms with van der Waals surface area (Å²) >= 11 is 1.23. The largest absolute Gasteiger partial charge is 0.375 e. The highest BCUT2D eigenvalue weighted by atomic mass is 32.1. The Morgan fingerprint density at radius 2 is 2.55 bits per heavy atom. The third-order valence-corrected chi connectivity index (χ3v) is 1.71. The quantitative estimate of drug-likeness (QED) is 0.273. The SMILES string of the molecule is N/N=C(/C=O)c1csc(N)n1. The predicted molar refractivity (Wildman–Crippen MR) is 43.3 cm³/mol. The van der Waals surface area contributed by atoms with E-state index in [4.69, 9.17) is 11.6 Å². The summed E-state index contributed by atoms with van der Waals surface area (Å²) in [6.07, 6.45) is 0.536. The molecule has 0 amide bonds. The van der Waals surface area contributed by atoms with E-state index in [0.29, 0.717) is 17.1 Å². The summed E-state index contributed by atoms with van der Waals surface area (Å²) < 4.78 is 0. The van der Waals surface area contributed by atoms with E-state index in [1.165, 1.54) is 11.3 Å². The van der Waals surface area contributed by atoms with Gasteiger partial charge in [-0.1, -0.05) is 0 Å². The molecule has 0 saturated carbocycles. The number of carbonyl (C=O) groups excluding carboxylic acids is 1. The van der Waals surface area contributed by atoms with Crippen molar-refractivity contribution in [1.29, 1.82) is 0 Å². The first-order valence-corrected chi connectivity index (χ1v) is 3.60. The number of nitrogens with zero attached hydrogens (tertiary/aromatic N) is 2. The molecular formula is C5H6N4OS. The number of aromatic nitrogens is 1. The fourth-order valence-corrected chi connectivity index (χ4v) is 1.12. The van der Waals surface area contributed by atoms with E-state index in [9.17, 15) is 4.79 Å². The Morgan fingerprint density at radius 3 is 2.91 bits per heavy atom. The maximum atomic E-state index is 10.3. The van der Waals surface area contributed by atoms with Crippen LogP contribution in [0.4, 0.5) is 5.13 Å². The van der Waals surface area contributed by atoms with Crippen molar-refractivity contribution in [1.82, 2.24) is 4.98 Å². The summed E-state index contributed by atoms with van der Waals surface area (Å²) in [7, 11) is 0. The second-order valence-electron chi connectivity index (χ2n) is 1.70. The maximum Gasteiger partial charge on any atom is 0.180 e. The van der Waals surface area contributed by atoms with Gasteiger partial charge < -0.3 is 11.6 Å². The number of aldehydes is 1. The molecule has 1 aromatic heterocycles. The average Bonchev–Trinajstić information content (AvgIpc) is 2.39. The summed E-state index contributed by atoms with van der Waals surface area (Å²) in [6, 6.07) is 0. The molecule has 0 spiro atoms. The van der Waals surface area contributed by atoms with E-state index >= 15 is 0 Å². The second-order valence-corrected chi connectivity index (χ2v) is 2.59. The van der Waals surface area contributed by atoms with Crippen LogP contribution in [0.1, 0.15) is 5.69 Å². The first-order valence-electron chi connectivity index (χ1n) is 2.72. The highest BCUT2D eigenvalue weighted by Gasteiger charge is 2.04. The third kappa shape index (κ3) is 1.53. The minimum Gasteiger partial charge on any atom is -0.375 e. The highest BCUT2D eigenvalue weighted by molar-refractivity contribution is 7.13. The first kappa shape index (κ1) is 7.67. The minimum absolute atomic E-state index is 0.109. The van der Waals surface area contributed by atoms with E-state index < -0.39 is 0 Å². The monoisotopic (exact) mass is 170 g/mol. The number of hydrazone groups is 1. The average molecular weight is 170 g/mol. The van der Waals surface area contributed by atoms with Crippen LogP contribution in [0.2, 0.25) is 0 Å². The van der Waals surface area contributed by atoms with Gasteiger partial charge in [-0.15, -0.1) is 11.3 Å². The van der Waals surface area contributed by atoms with Gasteiger partial charge in [0.25, 0.3) is 0 Å². The lowest BCUT2D eigenvalue weighted by atomic mass is 10.3. The Balaban J connectivity index is 3.00. The number of nitrogen functional groups attached to an aromatic ring is 1. The molecule has 0 aliphatic rings. The predicted octanol–water partition coefficient (Wildman–Crippen LogP) is -0.413. The Kier molecular flexibility index (Phi) is 2.17. The summed E-state index contributed by atoms with van der Waals surface area (Å²) in [4.78, 5) is 14.1. The number of nitrogens with two attached hydrogens (primary N) is 2. The summed E-state index contributed by atoms with van der Waals surface area (Å²) in [5, 5.41) is 5.24. The normalized spacial score (nSPS) is 11.5. The van der Waals surface area contributed by atoms with Crippen LogP contribution < -0.4 is 11.6 Å². The van der Waals surface area contributed by atoms with Gasteiger partial charge in [0.15, 0.2) is 11.4 Å². The molecule has 1 aromatic rings. The van der Waals surface area contributed by atoms with Crippen LogP contribution in [-0.2, 0) is 4.79 Å². The zero-order valence-corrected chi connectivity index (χ0v) is 6.34. The number of rotatable bonds is 2. The molecule has 0 fully saturated rings. The lowest BCUT2D eigenvalue weighted by molar-refractivity contribution is -0.102. The van der Waals surface area contributed by atoms with Crippen molar-refractivity contribution in [3.63, 3.8) is 0 Å². The molecule has 0 radical (unpaired) electrons. The number of thiazole rings is 1. The van der Waals surface area contributed by atoms with Gasteiger partial charge in [-0.2, -0.15) is 5.10 Å². The van der Waals surface area contributed by atoms with Crippen molar-refractivity contribution < 1.29 is 4.79 Å². The van der Waals surface area contributed by atoms with Crippen LogP contribution in [0.15, 0.2) is 10.5 Å². The minimum atomic E-state index is 0.109. The fraction of sp³-hybridized carbons (Fsp3) is 0. The molecule has 0 atom stereocenters. The van der Waals surface area contributed by atoms with Crippen molar-refractivity contribution in [2.24, 2.45) is 10.9 Å². The van der Waals surface area contributed by atoms with Crippen molar-refractivity contribution in [3.05, 3.63) is 11.1 Å². The van der Waals surface area contributed by atoms with Gasteiger partial charge in [-0.05, 0) is 0 Å². The molecule has 0 unspecified atom stereocenters. The van der Waals surface area contributed by atoms with Crippen molar-refractivity contribution in [2.45, 2.75) is 0 Å². The molecule has 1 rings (SSSR count). The van der Waals surface area contributed by atoms with Gasteiger partial charge >= 0.3 is 0 Å². The van der Waals surface area contributed by atoms with Crippen LogP contribution in [0.3, 0.4) is 0 Å².